The van der Waals surface area contributed by atoms with Crippen LogP contribution in [0.1, 0.15) is 5.56 Å². The Kier molecular flexibility index (Phi) is 8.20. The normalized spacial score (nSPS) is 11.1. The van der Waals surface area contributed by atoms with E-state index < -0.39 is 0 Å². The van der Waals surface area contributed by atoms with Crippen molar-refractivity contribution in [3.8, 4) is 0 Å². The predicted octanol–water partition coefficient (Wildman–Crippen LogP) is 1.95. The summed E-state index contributed by atoms with van der Waals surface area (Å²) in [5, 5.41) is 3.28. The highest BCUT2D eigenvalue weighted by molar-refractivity contribution is 5.48. The minimum absolute atomic E-state index is 0.661. The SMILES string of the molecule is COCCOCCNCC=Cc1ccccc1. The van der Waals surface area contributed by atoms with Crippen LogP contribution in [0.2, 0.25) is 0 Å². The average Bonchev–Trinajstić information content (AvgIpc) is 2.38. The monoisotopic (exact) mass is 235 g/mol. The standard InChI is InChI=1S/C14H21NO2/c1-16-12-13-17-11-10-15-9-5-8-14-6-3-2-4-7-14/h2-8,15H,9-13H2,1H3. The van der Waals surface area contributed by atoms with E-state index in [0.717, 1.165) is 19.7 Å². The summed E-state index contributed by atoms with van der Waals surface area (Å²) in [5.74, 6) is 0. The Balaban J connectivity index is 1.95. The summed E-state index contributed by atoms with van der Waals surface area (Å²) in [6, 6.07) is 10.3. The van der Waals surface area contributed by atoms with Crippen LogP contribution in [0, 0.1) is 0 Å². The molecule has 0 spiro atoms. The first-order valence-corrected chi connectivity index (χ1v) is 5.92. The lowest BCUT2D eigenvalue weighted by Gasteiger charge is -2.03. The first kappa shape index (κ1) is 13.9. The molecule has 0 amide bonds. The van der Waals surface area contributed by atoms with Gasteiger partial charge in [0.2, 0.25) is 0 Å². The van der Waals surface area contributed by atoms with E-state index >= 15 is 0 Å². The van der Waals surface area contributed by atoms with Crippen LogP contribution in [0.25, 0.3) is 6.08 Å². The summed E-state index contributed by atoms with van der Waals surface area (Å²) in [5.41, 5.74) is 1.23. The van der Waals surface area contributed by atoms with Crippen LogP contribution in [-0.4, -0.2) is 40.0 Å². The molecule has 17 heavy (non-hydrogen) atoms. The summed E-state index contributed by atoms with van der Waals surface area (Å²) in [6.07, 6.45) is 4.23. The molecular weight excluding hydrogens is 214 g/mol. The summed E-state index contributed by atoms with van der Waals surface area (Å²) >= 11 is 0. The molecule has 0 aliphatic carbocycles. The molecule has 0 unspecified atom stereocenters. The van der Waals surface area contributed by atoms with Gasteiger partial charge in [-0.25, -0.2) is 0 Å². The lowest BCUT2D eigenvalue weighted by molar-refractivity contribution is 0.0723. The number of rotatable bonds is 9. The maximum absolute atomic E-state index is 5.33. The maximum Gasteiger partial charge on any atom is 0.0700 e. The second-order valence-corrected chi connectivity index (χ2v) is 3.62. The molecule has 3 heteroatoms. The van der Waals surface area contributed by atoms with E-state index in [2.05, 4.69) is 29.6 Å². The third-order valence-electron chi connectivity index (χ3n) is 2.23. The highest BCUT2D eigenvalue weighted by atomic mass is 16.5. The summed E-state index contributed by atoms with van der Waals surface area (Å²) in [4.78, 5) is 0. The quantitative estimate of drug-likeness (QED) is 0.664. The van der Waals surface area contributed by atoms with Crippen LogP contribution in [0.3, 0.4) is 0 Å². The van der Waals surface area contributed by atoms with Gasteiger partial charge in [0.05, 0.1) is 19.8 Å². The molecule has 0 atom stereocenters. The first-order valence-electron chi connectivity index (χ1n) is 5.92. The zero-order valence-corrected chi connectivity index (χ0v) is 10.4. The van der Waals surface area contributed by atoms with Crippen molar-refractivity contribution in [2.24, 2.45) is 0 Å². The molecule has 94 valence electrons. The van der Waals surface area contributed by atoms with Gasteiger partial charge < -0.3 is 14.8 Å². The molecule has 0 radical (unpaired) electrons. The Morgan fingerprint density at radius 1 is 1.12 bits per heavy atom. The van der Waals surface area contributed by atoms with Gasteiger partial charge in [-0.2, -0.15) is 0 Å². The molecule has 0 aliphatic heterocycles. The molecule has 0 saturated heterocycles. The smallest absolute Gasteiger partial charge is 0.0700 e. The van der Waals surface area contributed by atoms with Crippen molar-refractivity contribution in [2.75, 3.05) is 40.0 Å². The van der Waals surface area contributed by atoms with E-state index in [1.165, 1.54) is 5.56 Å². The van der Waals surface area contributed by atoms with Crippen LogP contribution >= 0.6 is 0 Å². The molecule has 0 bridgehead atoms. The summed E-state index contributed by atoms with van der Waals surface area (Å²) in [6.45, 7) is 3.78. The van der Waals surface area contributed by atoms with Gasteiger partial charge >= 0.3 is 0 Å². The van der Waals surface area contributed by atoms with Crippen molar-refractivity contribution in [2.45, 2.75) is 0 Å². The molecule has 0 saturated carbocycles. The maximum atomic E-state index is 5.33. The van der Waals surface area contributed by atoms with Crippen LogP contribution in [-0.2, 0) is 9.47 Å². The van der Waals surface area contributed by atoms with E-state index in [9.17, 15) is 0 Å². The Morgan fingerprint density at radius 2 is 1.94 bits per heavy atom. The van der Waals surface area contributed by atoms with Gasteiger partial charge in [0.25, 0.3) is 0 Å². The van der Waals surface area contributed by atoms with E-state index in [-0.39, 0.29) is 0 Å². The van der Waals surface area contributed by atoms with Crippen molar-refractivity contribution < 1.29 is 9.47 Å². The first-order chi connectivity index (χ1) is 8.43. The van der Waals surface area contributed by atoms with Gasteiger partial charge in [-0.3, -0.25) is 0 Å². The van der Waals surface area contributed by atoms with E-state index in [0.29, 0.717) is 13.2 Å². The zero-order chi connectivity index (χ0) is 12.2. The van der Waals surface area contributed by atoms with Gasteiger partial charge in [-0.15, -0.1) is 0 Å². The number of ether oxygens (including phenoxy) is 2. The molecule has 0 fully saturated rings. The molecule has 1 aromatic carbocycles. The summed E-state index contributed by atoms with van der Waals surface area (Å²) < 4.78 is 10.2. The minimum Gasteiger partial charge on any atom is -0.382 e. The lowest BCUT2D eigenvalue weighted by atomic mass is 10.2. The van der Waals surface area contributed by atoms with Gasteiger partial charge in [0.1, 0.15) is 0 Å². The molecule has 0 aromatic heterocycles. The number of hydrogen-bond acceptors (Lipinski definition) is 3. The zero-order valence-electron chi connectivity index (χ0n) is 10.4. The van der Waals surface area contributed by atoms with Gasteiger partial charge in [0, 0.05) is 20.2 Å². The highest BCUT2D eigenvalue weighted by Crippen LogP contribution is 1.99. The highest BCUT2D eigenvalue weighted by Gasteiger charge is 1.87. The van der Waals surface area contributed by atoms with Crippen LogP contribution in [0.4, 0.5) is 0 Å². The fourth-order valence-corrected chi connectivity index (χ4v) is 1.33. The molecule has 0 heterocycles. The van der Waals surface area contributed by atoms with E-state index in [1.54, 1.807) is 7.11 Å². The number of benzene rings is 1. The largest absolute Gasteiger partial charge is 0.382 e. The molecule has 3 nitrogen and oxygen atoms in total. The van der Waals surface area contributed by atoms with Crippen molar-refractivity contribution in [1.82, 2.24) is 5.32 Å². The molecule has 1 aromatic rings. The second kappa shape index (κ2) is 10.0. The number of nitrogens with one attached hydrogen (secondary N) is 1. The second-order valence-electron chi connectivity index (χ2n) is 3.62. The Hall–Kier alpha value is -1.16. The average molecular weight is 235 g/mol. The lowest BCUT2D eigenvalue weighted by Crippen LogP contribution is -2.20. The van der Waals surface area contributed by atoms with Crippen LogP contribution in [0.15, 0.2) is 36.4 Å². The Morgan fingerprint density at radius 3 is 2.71 bits per heavy atom. The van der Waals surface area contributed by atoms with Crippen LogP contribution in [0.5, 0.6) is 0 Å². The number of methoxy groups -OCH3 is 1. The van der Waals surface area contributed by atoms with Crippen molar-refractivity contribution in [1.29, 1.82) is 0 Å². The third-order valence-corrected chi connectivity index (χ3v) is 2.23. The van der Waals surface area contributed by atoms with Gasteiger partial charge in [-0.1, -0.05) is 42.5 Å². The van der Waals surface area contributed by atoms with Crippen molar-refractivity contribution in [3.63, 3.8) is 0 Å². The Bertz CT molecular complexity index is 298. The molecule has 1 rings (SSSR count). The van der Waals surface area contributed by atoms with E-state index in [4.69, 9.17) is 9.47 Å². The third kappa shape index (κ3) is 7.69. The van der Waals surface area contributed by atoms with Crippen molar-refractivity contribution >= 4 is 6.08 Å². The summed E-state index contributed by atoms with van der Waals surface area (Å²) in [7, 11) is 1.68. The molecular formula is C14H21NO2. The molecule has 1 N–H and O–H groups in total. The minimum atomic E-state index is 0.661. The predicted molar refractivity (Wildman–Crippen MR) is 71.0 cm³/mol. The van der Waals surface area contributed by atoms with Crippen LogP contribution < -0.4 is 5.32 Å². The number of hydrogen-bond donors (Lipinski definition) is 1. The molecule has 0 aliphatic rings. The fraction of sp³-hybridized carbons (Fsp3) is 0.429. The van der Waals surface area contributed by atoms with Gasteiger partial charge in [0.15, 0.2) is 0 Å². The van der Waals surface area contributed by atoms with Gasteiger partial charge in [-0.05, 0) is 5.56 Å². The van der Waals surface area contributed by atoms with Crippen molar-refractivity contribution in [3.05, 3.63) is 42.0 Å². The topological polar surface area (TPSA) is 30.5 Å². The fourth-order valence-electron chi connectivity index (χ4n) is 1.33. The van der Waals surface area contributed by atoms with E-state index in [1.807, 2.05) is 18.2 Å². The Labute approximate surface area is 103 Å².